The number of carbonyl (C=O) groups is 3. The molecule has 6 N–H and O–H groups in total. The van der Waals surface area contributed by atoms with Gasteiger partial charge >= 0.3 is 0 Å². The van der Waals surface area contributed by atoms with Crippen LogP contribution in [0, 0.1) is 11.6 Å². The van der Waals surface area contributed by atoms with E-state index in [1.165, 1.54) is 31.4 Å². The average molecular weight is 706 g/mol. The summed E-state index contributed by atoms with van der Waals surface area (Å²) in [7, 11) is 1.31. The molecule has 0 bridgehead atoms. The van der Waals surface area contributed by atoms with Gasteiger partial charge in [0.2, 0.25) is 5.78 Å². The third-order valence-electron chi connectivity index (χ3n) is 9.25. The molecule has 262 valence electrons. The van der Waals surface area contributed by atoms with Crippen molar-refractivity contribution >= 4 is 29.8 Å². The third kappa shape index (κ3) is 6.07. The number of benzene rings is 3. The molecule has 2 aliphatic carbocycles. The molecule has 12 nitrogen and oxygen atoms in total. The number of phenolic OH excluding ortho intramolecular Hbond substituents is 2. The quantitative estimate of drug-likeness (QED) is 0.169. The number of fused-ring (bicyclic) bond motifs is 3. The molecule has 1 aliphatic heterocycles. The number of aliphatic hydroxyl groups is 2. The van der Waals surface area contributed by atoms with Gasteiger partial charge in [-0.25, -0.2) is 8.78 Å². The maximum absolute atomic E-state index is 14.2. The summed E-state index contributed by atoms with van der Waals surface area (Å²) >= 11 is 0. The van der Waals surface area contributed by atoms with Gasteiger partial charge in [0.05, 0.1) is 48.7 Å². The molecule has 6 atom stereocenters. The van der Waals surface area contributed by atoms with Crippen LogP contribution in [0.25, 0.3) is 0 Å². The Morgan fingerprint density at radius 3 is 2.33 bits per heavy atom. The summed E-state index contributed by atoms with van der Waals surface area (Å²) in [6.45, 7) is 0.0958. The number of carbonyl (C=O) groups excluding carboxylic acids is 3. The summed E-state index contributed by atoms with van der Waals surface area (Å²) in [6, 6.07) is 6.93. The van der Waals surface area contributed by atoms with Crippen molar-refractivity contribution in [3.05, 3.63) is 87.0 Å². The van der Waals surface area contributed by atoms with Crippen LogP contribution in [0.15, 0.2) is 36.4 Å². The Hall–Kier alpha value is -4.02. The van der Waals surface area contributed by atoms with Crippen molar-refractivity contribution in [2.45, 2.75) is 69.0 Å². The first kappa shape index (κ1) is 36.3. The van der Waals surface area contributed by atoms with E-state index in [2.05, 4.69) is 0 Å². The van der Waals surface area contributed by atoms with E-state index in [4.69, 9.17) is 24.7 Å². The molecular weight excluding hydrogens is 672 g/mol. The van der Waals surface area contributed by atoms with E-state index < -0.39 is 114 Å². The van der Waals surface area contributed by atoms with Crippen molar-refractivity contribution in [3.63, 3.8) is 0 Å². The van der Waals surface area contributed by atoms with Gasteiger partial charge in [-0.2, -0.15) is 0 Å². The summed E-state index contributed by atoms with van der Waals surface area (Å²) in [5.74, 6) is -5.59. The fraction of sp³-hybridized carbons (Fsp3) is 0.382. The number of hydrogen-bond acceptors (Lipinski definition) is 12. The van der Waals surface area contributed by atoms with Crippen LogP contribution in [-0.2, 0) is 32.0 Å². The van der Waals surface area contributed by atoms with E-state index in [0.717, 1.165) is 12.1 Å². The summed E-state index contributed by atoms with van der Waals surface area (Å²) in [5.41, 5.74) is 2.15. The van der Waals surface area contributed by atoms with Gasteiger partial charge in [0, 0.05) is 47.6 Å². The first-order valence-electron chi connectivity index (χ1n) is 15.2. The van der Waals surface area contributed by atoms with Gasteiger partial charge in [0.15, 0.2) is 17.9 Å². The molecule has 6 rings (SSSR count). The minimum absolute atomic E-state index is 0. The van der Waals surface area contributed by atoms with Crippen LogP contribution in [0.3, 0.4) is 0 Å². The Bertz CT molecular complexity index is 1810. The molecule has 0 unspecified atom stereocenters. The number of aromatic hydroxyl groups is 2. The lowest BCUT2D eigenvalue weighted by Gasteiger charge is -2.43. The molecule has 0 spiro atoms. The molecule has 1 heterocycles. The summed E-state index contributed by atoms with van der Waals surface area (Å²) in [4.78, 5) is 40.3. The maximum Gasteiger partial charge on any atom is 0.202 e. The predicted octanol–water partition coefficient (Wildman–Crippen LogP) is 2.93. The van der Waals surface area contributed by atoms with E-state index in [1.54, 1.807) is 6.92 Å². The van der Waals surface area contributed by atoms with Gasteiger partial charge in [0.1, 0.15) is 41.1 Å². The van der Waals surface area contributed by atoms with E-state index in [9.17, 15) is 43.6 Å². The molecule has 0 amide bonds. The largest absolute Gasteiger partial charge is 0.507 e. The first-order chi connectivity index (χ1) is 22.8. The van der Waals surface area contributed by atoms with Crippen LogP contribution in [0.4, 0.5) is 8.78 Å². The van der Waals surface area contributed by atoms with E-state index in [-0.39, 0.29) is 52.4 Å². The molecule has 3 aliphatic rings. The minimum atomic E-state index is -2.31. The molecule has 15 heteroatoms. The van der Waals surface area contributed by atoms with Crippen molar-refractivity contribution in [2.24, 2.45) is 5.73 Å². The highest BCUT2D eigenvalue weighted by molar-refractivity contribution is 6.31. The fourth-order valence-corrected chi connectivity index (χ4v) is 6.85. The average Bonchev–Trinajstić information content (AvgIpc) is 3.04. The number of hydrogen-bond donors (Lipinski definition) is 5. The second-order valence-electron chi connectivity index (χ2n) is 12.1. The zero-order chi connectivity index (χ0) is 34.7. The highest BCUT2D eigenvalue weighted by Crippen LogP contribution is 2.52. The Morgan fingerprint density at radius 2 is 1.69 bits per heavy atom. The van der Waals surface area contributed by atoms with E-state index in [0.29, 0.717) is 0 Å². The van der Waals surface area contributed by atoms with E-state index >= 15 is 0 Å². The number of nitrogens with two attached hydrogens (primary N) is 1. The predicted molar refractivity (Wildman–Crippen MR) is 168 cm³/mol. The van der Waals surface area contributed by atoms with Crippen LogP contribution in [0.1, 0.15) is 74.4 Å². The lowest BCUT2D eigenvalue weighted by molar-refractivity contribution is -0.254. The topological polar surface area (TPSA) is 195 Å². The molecule has 1 fully saturated rings. The molecule has 0 saturated carbocycles. The third-order valence-corrected chi connectivity index (χ3v) is 9.25. The van der Waals surface area contributed by atoms with Crippen LogP contribution >= 0.6 is 12.4 Å². The number of ether oxygens (including phenoxy) is 4. The van der Waals surface area contributed by atoms with Crippen LogP contribution in [0.5, 0.6) is 17.2 Å². The zero-order valence-corrected chi connectivity index (χ0v) is 27.1. The lowest BCUT2D eigenvalue weighted by atomic mass is 9.72. The molecule has 49 heavy (non-hydrogen) atoms. The molecular formula is C34H34ClF2NO11. The van der Waals surface area contributed by atoms with Crippen molar-refractivity contribution in [2.75, 3.05) is 13.7 Å². The fourth-order valence-electron chi connectivity index (χ4n) is 6.85. The second-order valence-corrected chi connectivity index (χ2v) is 12.1. The smallest absolute Gasteiger partial charge is 0.202 e. The minimum Gasteiger partial charge on any atom is -0.507 e. The van der Waals surface area contributed by atoms with Crippen molar-refractivity contribution in [1.29, 1.82) is 0 Å². The molecule has 3 aromatic rings. The molecule has 3 aromatic carbocycles. The van der Waals surface area contributed by atoms with Crippen LogP contribution in [0.2, 0.25) is 0 Å². The number of methoxy groups -OCH3 is 1. The van der Waals surface area contributed by atoms with Gasteiger partial charge in [-0.3, -0.25) is 14.4 Å². The number of halogens is 3. The number of phenols is 2. The Kier molecular flexibility index (Phi) is 10.1. The SMILES string of the molecule is COc1cccc2c1C(=O)c1c(O)c3c(c(O)c1C2=O)C[C@@](O)(C(=O)CO)C[C@@H]3O[C@H]1C[C@H](N)[C@H](OCc2c(F)cccc2F)[C@H](C)O1.Cl. The highest BCUT2D eigenvalue weighted by atomic mass is 35.5. The first-order valence-corrected chi connectivity index (χ1v) is 15.2. The van der Waals surface area contributed by atoms with Gasteiger partial charge < -0.3 is 45.1 Å². The number of ketones is 3. The summed E-state index contributed by atoms with van der Waals surface area (Å²) in [6.07, 6.45) is -5.45. The highest BCUT2D eigenvalue weighted by Gasteiger charge is 2.50. The monoisotopic (exact) mass is 705 g/mol. The van der Waals surface area contributed by atoms with Crippen LogP contribution < -0.4 is 10.5 Å². The van der Waals surface area contributed by atoms with Gasteiger partial charge in [-0.15, -0.1) is 12.4 Å². The van der Waals surface area contributed by atoms with Crippen molar-refractivity contribution < 1.29 is 62.5 Å². The van der Waals surface area contributed by atoms with Gasteiger partial charge in [-0.1, -0.05) is 18.2 Å². The molecule has 0 radical (unpaired) electrons. The Morgan fingerprint density at radius 1 is 1.04 bits per heavy atom. The molecule has 1 saturated heterocycles. The maximum atomic E-state index is 14.2. The van der Waals surface area contributed by atoms with E-state index in [1.807, 2.05) is 0 Å². The number of Topliss-reactive ketones (excluding diaryl/α,β-unsaturated/α-hetero) is 1. The zero-order valence-electron chi connectivity index (χ0n) is 26.3. The van der Waals surface area contributed by atoms with Crippen LogP contribution in [-0.4, -0.2) is 81.6 Å². The number of rotatable bonds is 8. The normalized spacial score (nSPS) is 25.9. The van der Waals surface area contributed by atoms with Crippen molar-refractivity contribution in [3.8, 4) is 17.2 Å². The van der Waals surface area contributed by atoms with Gasteiger partial charge in [-0.05, 0) is 25.1 Å². The summed E-state index contributed by atoms with van der Waals surface area (Å²) < 4.78 is 51.5. The Labute approximate surface area is 284 Å². The van der Waals surface area contributed by atoms with Gasteiger partial charge in [0.25, 0.3) is 0 Å². The lowest BCUT2D eigenvalue weighted by Crippen LogP contribution is -2.54. The number of aliphatic hydroxyl groups excluding tert-OH is 1. The Balaban J connectivity index is 0.00000468. The second kappa shape index (κ2) is 13.7. The van der Waals surface area contributed by atoms with Crippen molar-refractivity contribution in [1.82, 2.24) is 0 Å². The summed E-state index contributed by atoms with van der Waals surface area (Å²) in [5, 5.41) is 44.2. The molecule has 0 aromatic heterocycles. The standard InChI is InChI=1S/C34H33F2NO11.ClH/c1-14-33(46-13-17-18(35)6-4-7-19(17)36)20(37)9-24(47-14)48-22-11-34(44,23(39)12-38)10-16-26(22)32(43)28-27(30(16)41)29(40)15-5-3-8-21(45-2)25(15)31(28)42;/h3-8,14,20,22,24,33,38,41,43-44H,9-13,37H2,1-2H3;1H/t14-,20-,22-,24-,33+,34-;/m0./s1.